The van der Waals surface area contributed by atoms with E-state index in [0.717, 1.165) is 5.56 Å². The van der Waals surface area contributed by atoms with Gasteiger partial charge in [-0.2, -0.15) is 11.3 Å². The van der Waals surface area contributed by atoms with Crippen LogP contribution in [0.15, 0.2) is 41.1 Å². The molecule has 1 aromatic carbocycles. The highest BCUT2D eigenvalue weighted by atomic mass is 32.1. The number of aliphatic carboxylic acids is 1. The van der Waals surface area contributed by atoms with Crippen LogP contribution in [-0.2, 0) is 11.3 Å². The van der Waals surface area contributed by atoms with Crippen LogP contribution in [0.4, 0.5) is 0 Å². The van der Waals surface area contributed by atoms with E-state index >= 15 is 0 Å². The summed E-state index contributed by atoms with van der Waals surface area (Å²) in [6.45, 7) is 0.501. The van der Waals surface area contributed by atoms with Crippen LogP contribution in [0.2, 0.25) is 0 Å². The van der Waals surface area contributed by atoms with Crippen molar-refractivity contribution in [3.05, 3.63) is 52.2 Å². The number of phenols is 1. The van der Waals surface area contributed by atoms with Crippen LogP contribution in [0.5, 0.6) is 5.75 Å². The molecule has 0 aliphatic heterocycles. The number of carboxylic acids is 1. The maximum Gasteiger partial charge on any atom is 0.325 e. The maximum atomic E-state index is 11.2. The minimum absolute atomic E-state index is 0.126. The minimum Gasteiger partial charge on any atom is -0.508 e. The van der Waals surface area contributed by atoms with Gasteiger partial charge in [-0.15, -0.1) is 0 Å². The molecule has 0 spiro atoms. The van der Waals surface area contributed by atoms with Gasteiger partial charge in [0.15, 0.2) is 0 Å². The Morgan fingerprint density at radius 2 is 2.00 bits per heavy atom. The Morgan fingerprint density at radius 1 is 1.28 bits per heavy atom. The summed E-state index contributed by atoms with van der Waals surface area (Å²) in [5, 5.41) is 25.3. The van der Waals surface area contributed by atoms with Crippen LogP contribution < -0.4 is 5.32 Å². The Kier molecular flexibility index (Phi) is 3.96. The van der Waals surface area contributed by atoms with Crippen molar-refractivity contribution in [2.75, 3.05) is 0 Å². The molecule has 94 valence electrons. The monoisotopic (exact) mass is 263 g/mol. The number of phenolic OH excluding ortho intramolecular Hbond substituents is 1. The number of carboxylic acid groups (broad SMARTS) is 1. The van der Waals surface area contributed by atoms with Crippen LogP contribution in [0, 0.1) is 0 Å². The van der Waals surface area contributed by atoms with Crippen molar-refractivity contribution >= 4 is 17.3 Å². The molecule has 0 unspecified atom stereocenters. The summed E-state index contributed by atoms with van der Waals surface area (Å²) in [4.78, 5) is 11.2. The van der Waals surface area contributed by atoms with E-state index in [1.54, 1.807) is 23.5 Å². The fourth-order valence-electron chi connectivity index (χ4n) is 1.63. The van der Waals surface area contributed by atoms with Crippen LogP contribution >= 0.6 is 11.3 Å². The number of thiophene rings is 1. The standard InChI is InChI=1S/C13H13NO3S/c15-11-3-1-10(2-4-11)12(13(16)17)14-7-9-5-6-18-8-9/h1-6,8,12,14-15H,7H2,(H,16,17)/t12-/m1/s1. The van der Waals surface area contributed by atoms with E-state index in [-0.39, 0.29) is 5.75 Å². The van der Waals surface area contributed by atoms with Crippen molar-refractivity contribution in [1.82, 2.24) is 5.32 Å². The highest BCUT2D eigenvalue weighted by Gasteiger charge is 2.18. The van der Waals surface area contributed by atoms with Crippen LogP contribution in [0.3, 0.4) is 0 Å². The molecule has 0 saturated heterocycles. The average Bonchev–Trinajstić information content (AvgIpc) is 2.84. The summed E-state index contributed by atoms with van der Waals surface area (Å²) in [7, 11) is 0. The van der Waals surface area contributed by atoms with Gasteiger partial charge in [-0.25, -0.2) is 0 Å². The molecule has 1 aromatic heterocycles. The molecule has 0 aliphatic rings. The number of carbonyl (C=O) groups is 1. The largest absolute Gasteiger partial charge is 0.508 e. The predicted molar refractivity (Wildman–Crippen MR) is 69.6 cm³/mol. The van der Waals surface area contributed by atoms with Gasteiger partial charge < -0.3 is 10.2 Å². The Labute approximate surface area is 109 Å². The number of hydrogen-bond acceptors (Lipinski definition) is 4. The first-order chi connectivity index (χ1) is 8.66. The molecule has 3 N–H and O–H groups in total. The Morgan fingerprint density at radius 3 is 2.56 bits per heavy atom. The van der Waals surface area contributed by atoms with E-state index in [1.807, 2.05) is 16.8 Å². The Balaban J connectivity index is 2.08. The van der Waals surface area contributed by atoms with E-state index in [0.29, 0.717) is 12.1 Å². The third-order valence-electron chi connectivity index (χ3n) is 2.56. The second-order valence-electron chi connectivity index (χ2n) is 3.88. The first-order valence-corrected chi connectivity index (χ1v) is 6.37. The minimum atomic E-state index is -0.934. The van der Waals surface area contributed by atoms with Gasteiger partial charge in [0.2, 0.25) is 0 Å². The van der Waals surface area contributed by atoms with E-state index < -0.39 is 12.0 Å². The summed E-state index contributed by atoms with van der Waals surface area (Å²) in [5.74, 6) is -0.809. The summed E-state index contributed by atoms with van der Waals surface area (Å²) in [6, 6.07) is 7.36. The zero-order valence-corrected chi connectivity index (χ0v) is 10.4. The van der Waals surface area contributed by atoms with Gasteiger partial charge >= 0.3 is 5.97 Å². The van der Waals surface area contributed by atoms with Crippen LogP contribution in [0.25, 0.3) is 0 Å². The second-order valence-corrected chi connectivity index (χ2v) is 4.66. The Bertz CT molecular complexity index is 508. The molecule has 0 fully saturated rings. The van der Waals surface area contributed by atoms with Gasteiger partial charge in [0.1, 0.15) is 11.8 Å². The fourth-order valence-corrected chi connectivity index (χ4v) is 2.30. The number of hydrogen-bond donors (Lipinski definition) is 3. The maximum absolute atomic E-state index is 11.2. The lowest BCUT2D eigenvalue weighted by atomic mass is 10.1. The molecule has 0 saturated carbocycles. The molecule has 2 aromatic rings. The normalized spacial score (nSPS) is 12.2. The van der Waals surface area contributed by atoms with Crippen molar-refractivity contribution < 1.29 is 15.0 Å². The summed E-state index contributed by atoms with van der Waals surface area (Å²) in [6.07, 6.45) is 0. The molecule has 0 aliphatic carbocycles. The predicted octanol–water partition coefficient (Wildman–Crippen LogP) is 2.37. The molecule has 2 rings (SSSR count). The zero-order chi connectivity index (χ0) is 13.0. The lowest BCUT2D eigenvalue weighted by Gasteiger charge is -2.14. The second kappa shape index (κ2) is 5.66. The van der Waals surface area contributed by atoms with E-state index in [9.17, 15) is 15.0 Å². The SMILES string of the molecule is O=C(O)[C@H](NCc1ccsc1)c1ccc(O)cc1. The van der Waals surface area contributed by atoms with Gasteiger partial charge in [-0.3, -0.25) is 10.1 Å². The molecule has 1 heterocycles. The van der Waals surface area contributed by atoms with Crippen molar-refractivity contribution in [1.29, 1.82) is 0 Å². The molecule has 1 atom stereocenters. The molecule has 0 bridgehead atoms. The summed E-state index contributed by atoms with van der Waals surface area (Å²) >= 11 is 1.58. The van der Waals surface area contributed by atoms with Crippen molar-refractivity contribution in [2.24, 2.45) is 0 Å². The topological polar surface area (TPSA) is 69.6 Å². The van der Waals surface area contributed by atoms with Gasteiger partial charge in [0, 0.05) is 6.54 Å². The number of aromatic hydroxyl groups is 1. The lowest BCUT2D eigenvalue weighted by Crippen LogP contribution is -2.27. The van der Waals surface area contributed by atoms with Gasteiger partial charge in [-0.05, 0) is 40.1 Å². The first kappa shape index (κ1) is 12.6. The third kappa shape index (κ3) is 3.09. The zero-order valence-electron chi connectivity index (χ0n) is 9.54. The van der Waals surface area contributed by atoms with E-state index in [1.165, 1.54) is 12.1 Å². The quantitative estimate of drug-likeness (QED) is 0.774. The average molecular weight is 263 g/mol. The van der Waals surface area contributed by atoms with Gasteiger partial charge in [-0.1, -0.05) is 12.1 Å². The van der Waals surface area contributed by atoms with Crippen molar-refractivity contribution in [3.63, 3.8) is 0 Å². The Hall–Kier alpha value is -1.85. The molecule has 0 radical (unpaired) electrons. The first-order valence-electron chi connectivity index (χ1n) is 5.43. The van der Waals surface area contributed by atoms with E-state index in [2.05, 4.69) is 5.32 Å². The van der Waals surface area contributed by atoms with Crippen LogP contribution in [-0.4, -0.2) is 16.2 Å². The smallest absolute Gasteiger partial charge is 0.325 e. The molecule has 0 amide bonds. The summed E-state index contributed by atoms with van der Waals surface area (Å²) < 4.78 is 0. The van der Waals surface area contributed by atoms with Crippen molar-refractivity contribution in [2.45, 2.75) is 12.6 Å². The lowest BCUT2D eigenvalue weighted by molar-refractivity contribution is -0.139. The molecular formula is C13H13NO3S. The molecular weight excluding hydrogens is 250 g/mol. The fraction of sp³-hybridized carbons (Fsp3) is 0.154. The number of benzene rings is 1. The molecule has 18 heavy (non-hydrogen) atoms. The highest BCUT2D eigenvalue weighted by Crippen LogP contribution is 2.18. The van der Waals surface area contributed by atoms with Crippen molar-refractivity contribution in [3.8, 4) is 5.75 Å². The number of nitrogens with one attached hydrogen (secondary N) is 1. The van der Waals surface area contributed by atoms with E-state index in [4.69, 9.17) is 0 Å². The third-order valence-corrected chi connectivity index (χ3v) is 3.30. The van der Waals surface area contributed by atoms with Gasteiger partial charge in [0.25, 0.3) is 0 Å². The van der Waals surface area contributed by atoms with Gasteiger partial charge in [0.05, 0.1) is 0 Å². The summed E-state index contributed by atoms with van der Waals surface area (Å²) in [5.41, 5.74) is 1.68. The van der Waals surface area contributed by atoms with Crippen LogP contribution in [0.1, 0.15) is 17.2 Å². The highest BCUT2D eigenvalue weighted by molar-refractivity contribution is 7.07. The molecule has 4 nitrogen and oxygen atoms in total. The molecule has 5 heteroatoms. The number of rotatable bonds is 5.